The lowest BCUT2D eigenvalue weighted by Gasteiger charge is -2.23. The molecule has 1 N–H and O–H groups in total. The number of carbonyl (C=O) groups is 1. The Kier molecular flexibility index (Phi) is 4.15. The number of nitrogens with one attached hydrogen (secondary N) is 1. The molecule has 1 aliphatic heterocycles. The molecule has 1 aromatic heterocycles. The van der Waals surface area contributed by atoms with Crippen LogP contribution in [0.3, 0.4) is 0 Å². The van der Waals surface area contributed by atoms with E-state index in [4.69, 9.17) is 4.74 Å². The van der Waals surface area contributed by atoms with Gasteiger partial charge in [-0.3, -0.25) is 9.59 Å². The average molecular weight is 250 g/mol. The van der Waals surface area contributed by atoms with Gasteiger partial charge in [0.25, 0.3) is 5.91 Å². The number of hydrogen-bond acceptors (Lipinski definition) is 3. The van der Waals surface area contributed by atoms with Crippen molar-refractivity contribution in [2.24, 2.45) is 0 Å². The highest BCUT2D eigenvalue weighted by molar-refractivity contribution is 5.93. The van der Waals surface area contributed by atoms with Crippen LogP contribution in [0.5, 0.6) is 0 Å². The van der Waals surface area contributed by atoms with Gasteiger partial charge in [-0.1, -0.05) is 0 Å². The van der Waals surface area contributed by atoms with E-state index in [-0.39, 0.29) is 23.0 Å². The van der Waals surface area contributed by atoms with E-state index in [1.165, 1.54) is 18.5 Å². The number of rotatable bonds is 4. The standard InChI is InChI=1S/C13H18N2O3/c1-2-15(9-10-4-3-7-18-10)13(17)11-8-14-6-5-12(11)16/h5-6,8,10H,2-4,7,9H2,1H3,(H,14,16). The summed E-state index contributed by atoms with van der Waals surface area (Å²) in [6.07, 6.45) is 5.12. The molecule has 2 rings (SSSR count). The maximum atomic E-state index is 12.2. The van der Waals surface area contributed by atoms with Crippen LogP contribution in [0.1, 0.15) is 30.1 Å². The minimum atomic E-state index is -0.246. The fourth-order valence-electron chi connectivity index (χ4n) is 2.14. The molecule has 0 bridgehead atoms. The van der Waals surface area contributed by atoms with Gasteiger partial charge in [0.05, 0.1) is 6.10 Å². The average Bonchev–Trinajstić information content (AvgIpc) is 2.88. The summed E-state index contributed by atoms with van der Waals surface area (Å²) in [6, 6.07) is 1.37. The highest BCUT2D eigenvalue weighted by Gasteiger charge is 2.23. The van der Waals surface area contributed by atoms with Gasteiger partial charge in [-0.05, 0) is 19.8 Å². The molecule has 1 fully saturated rings. The lowest BCUT2D eigenvalue weighted by atomic mass is 10.2. The second-order valence-electron chi connectivity index (χ2n) is 4.40. The van der Waals surface area contributed by atoms with Crippen molar-refractivity contribution in [1.82, 2.24) is 9.88 Å². The van der Waals surface area contributed by atoms with Gasteiger partial charge in [0.15, 0.2) is 5.43 Å². The normalized spacial score (nSPS) is 18.8. The van der Waals surface area contributed by atoms with Crippen LogP contribution in [0.2, 0.25) is 0 Å². The number of nitrogens with zero attached hydrogens (tertiary/aromatic N) is 1. The third-order valence-corrected chi connectivity index (χ3v) is 3.17. The predicted octanol–water partition coefficient (Wildman–Crippen LogP) is 1.02. The summed E-state index contributed by atoms with van der Waals surface area (Å²) >= 11 is 0. The molecular weight excluding hydrogens is 232 g/mol. The first-order chi connectivity index (χ1) is 8.72. The first kappa shape index (κ1) is 12.8. The number of ether oxygens (including phenoxy) is 1. The number of pyridine rings is 1. The number of likely N-dealkylation sites (N-methyl/N-ethyl adjacent to an activating group) is 1. The SMILES string of the molecule is CCN(CC1CCCO1)C(=O)c1c[nH]ccc1=O. The molecule has 1 unspecified atom stereocenters. The van der Waals surface area contributed by atoms with Crippen LogP contribution in [0, 0.1) is 0 Å². The van der Waals surface area contributed by atoms with Crippen LogP contribution in [0.15, 0.2) is 23.3 Å². The molecule has 1 atom stereocenters. The molecule has 5 nitrogen and oxygen atoms in total. The van der Waals surface area contributed by atoms with Gasteiger partial charge in [0, 0.05) is 38.2 Å². The summed E-state index contributed by atoms with van der Waals surface area (Å²) in [7, 11) is 0. The predicted molar refractivity (Wildman–Crippen MR) is 67.6 cm³/mol. The van der Waals surface area contributed by atoms with Crippen molar-refractivity contribution < 1.29 is 9.53 Å². The Bertz CT molecular complexity index is 463. The third kappa shape index (κ3) is 2.79. The Morgan fingerprint density at radius 1 is 1.61 bits per heavy atom. The van der Waals surface area contributed by atoms with Gasteiger partial charge in [0.2, 0.25) is 0 Å². The Balaban J connectivity index is 2.10. The second-order valence-corrected chi connectivity index (χ2v) is 4.40. The molecule has 98 valence electrons. The number of aromatic nitrogens is 1. The van der Waals surface area contributed by atoms with E-state index in [2.05, 4.69) is 4.98 Å². The Morgan fingerprint density at radius 3 is 3.06 bits per heavy atom. The fraction of sp³-hybridized carbons (Fsp3) is 0.538. The first-order valence-corrected chi connectivity index (χ1v) is 6.30. The summed E-state index contributed by atoms with van der Waals surface area (Å²) in [5.74, 6) is -0.227. The minimum absolute atomic E-state index is 0.108. The van der Waals surface area contributed by atoms with Crippen LogP contribution in [0.4, 0.5) is 0 Å². The summed E-state index contributed by atoms with van der Waals surface area (Å²) in [4.78, 5) is 28.3. The monoisotopic (exact) mass is 250 g/mol. The maximum absolute atomic E-state index is 12.2. The third-order valence-electron chi connectivity index (χ3n) is 3.17. The molecule has 0 saturated carbocycles. The van der Waals surface area contributed by atoms with Crippen LogP contribution < -0.4 is 5.43 Å². The van der Waals surface area contributed by atoms with Gasteiger partial charge < -0.3 is 14.6 Å². The Labute approximate surface area is 106 Å². The van der Waals surface area contributed by atoms with E-state index < -0.39 is 0 Å². The van der Waals surface area contributed by atoms with E-state index in [0.29, 0.717) is 13.1 Å². The zero-order valence-corrected chi connectivity index (χ0v) is 10.5. The molecule has 1 amide bonds. The molecule has 0 aliphatic carbocycles. The van der Waals surface area contributed by atoms with E-state index in [0.717, 1.165) is 19.4 Å². The molecule has 1 aromatic rings. The summed E-state index contributed by atoms with van der Waals surface area (Å²) in [5, 5.41) is 0. The highest BCUT2D eigenvalue weighted by atomic mass is 16.5. The van der Waals surface area contributed by atoms with Gasteiger partial charge in [-0.15, -0.1) is 0 Å². The van der Waals surface area contributed by atoms with Gasteiger partial charge >= 0.3 is 0 Å². The molecule has 0 spiro atoms. The molecule has 2 heterocycles. The number of amides is 1. The van der Waals surface area contributed by atoms with E-state index >= 15 is 0 Å². The molecule has 5 heteroatoms. The summed E-state index contributed by atoms with van der Waals surface area (Å²) in [6.45, 7) is 3.81. The Hall–Kier alpha value is -1.62. The smallest absolute Gasteiger partial charge is 0.259 e. The molecular formula is C13H18N2O3. The zero-order valence-electron chi connectivity index (χ0n) is 10.5. The first-order valence-electron chi connectivity index (χ1n) is 6.30. The number of carbonyl (C=O) groups excluding carboxylic acids is 1. The van der Waals surface area contributed by atoms with Crippen molar-refractivity contribution >= 4 is 5.91 Å². The number of hydrogen-bond donors (Lipinski definition) is 1. The van der Waals surface area contributed by atoms with E-state index in [1.54, 1.807) is 4.90 Å². The van der Waals surface area contributed by atoms with Gasteiger partial charge in [0.1, 0.15) is 5.56 Å². The molecule has 1 saturated heterocycles. The van der Waals surface area contributed by atoms with Crippen molar-refractivity contribution in [2.75, 3.05) is 19.7 Å². The van der Waals surface area contributed by atoms with Gasteiger partial charge in [-0.25, -0.2) is 0 Å². The maximum Gasteiger partial charge on any atom is 0.259 e. The van der Waals surface area contributed by atoms with Gasteiger partial charge in [-0.2, -0.15) is 0 Å². The lowest BCUT2D eigenvalue weighted by Crippen LogP contribution is -2.39. The van der Waals surface area contributed by atoms with Crippen molar-refractivity contribution in [2.45, 2.75) is 25.9 Å². The van der Waals surface area contributed by atoms with Crippen molar-refractivity contribution in [3.8, 4) is 0 Å². The Morgan fingerprint density at radius 2 is 2.44 bits per heavy atom. The molecule has 18 heavy (non-hydrogen) atoms. The van der Waals surface area contributed by atoms with Crippen LogP contribution in [-0.2, 0) is 4.74 Å². The largest absolute Gasteiger partial charge is 0.376 e. The summed E-state index contributed by atoms with van der Waals surface area (Å²) < 4.78 is 5.52. The van der Waals surface area contributed by atoms with Crippen LogP contribution in [-0.4, -0.2) is 41.6 Å². The quantitative estimate of drug-likeness (QED) is 0.867. The molecule has 0 radical (unpaired) electrons. The fourth-order valence-corrected chi connectivity index (χ4v) is 2.14. The number of H-pyrrole nitrogens is 1. The minimum Gasteiger partial charge on any atom is -0.376 e. The van der Waals surface area contributed by atoms with Crippen molar-refractivity contribution in [3.05, 3.63) is 34.2 Å². The van der Waals surface area contributed by atoms with E-state index in [9.17, 15) is 9.59 Å². The number of aromatic amines is 1. The topological polar surface area (TPSA) is 62.4 Å². The van der Waals surface area contributed by atoms with Crippen molar-refractivity contribution in [3.63, 3.8) is 0 Å². The molecule has 0 aromatic carbocycles. The van der Waals surface area contributed by atoms with Crippen molar-refractivity contribution in [1.29, 1.82) is 0 Å². The molecule has 1 aliphatic rings. The zero-order chi connectivity index (χ0) is 13.0. The van der Waals surface area contributed by atoms with Crippen LogP contribution in [0.25, 0.3) is 0 Å². The second kappa shape index (κ2) is 5.82. The lowest BCUT2D eigenvalue weighted by molar-refractivity contribution is 0.0538. The summed E-state index contributed by atoms with van der Waals surface area (Å²) in [5.41, 5.74) is -0.0538. The highest BCUT2D eigenvalue weighted by Crippen LogP contribution is 2.14. The van der Waals surface area contributed by atoms with Crippen LogP contribution >= 0.6 is 0 Å². The van der Waals surface area contributed by atoms with E-state index in [1.807, 2.05) is 6.92 Å².